The summed E-state index contributed by atoms with van der Waals surface area (Å²) in [7, 11) is 4.04. The van der Waals surface area contributed by atoms with Crippen LogP contribution < -0.4 is 0 Å². The number of hydrogen-bond donors (Lipinski definition) is 0. The molecule has 0 aromatic heterocycles. The highest BCUT2D eigenvalue weighted by atomic mass is 16.5. The van der Waals surface area contributed by atoms with E-state index in [2.05, 4.69) is 18.9 Å². The minimum atomic E-state index is 0.717. The second-order valence-corrected chi connectivity index (χ2v) is 4.91. The van der Waals surface area contributed by atoms with E-state index in [1.807, 2.05) is 13.8 Å². The van der Waals surface area contributed by atoms with Crippen molar-refractivity contribution in [1.29, 1.82) is 0 Å². The maximum Gasteiger partial charge on any atom is 0.0487 e. The molecule has 0 N–H and O–H groups in total. The molecule has 0 spiro atoms. The standard InChI is InChI=1S/C12H25NO.C2H6/c1-11(10-14-3)5-4-8-13(2)9-12-6-7-12;1-2/h11-12H,4-10H2,1-3H3;1-2H3. The Labute approximate surface area is 102 Å². The molecule has 1 atom stereocenters. The van der Waals surface area contributed by atoms with E-state index in [0.29, 0.717) is 5.92 Å². The van der Waals surface area contributed by atoms with Gasteiger partial charge in [0.15, 0.2) is 0 Å². The maximum absolute atomic E-state index is 5.12. The zero-order chi connectivity index (χ0) is 12.4. The van der Waals surface area contributed by atoms with Crippen molar-refractivity contribution in [3.8, 4) is 0 Å². The van der Waals surface area contributed by atoms with Crippen LogP contribution in [-0.2, 0) is 4.74 Å². The topological polar surface area (TPSA) is 12.5 Å². The first-order chi connectivity index (χ1) is 7.72. The molecule has 0 radical (unpaired) electrons. The Balaban J connectivity index is 0.00000106. The van der Waals surface area contributed by atoms with Crippen LogP contribution in [0.15, 0.2) is 0 Å². The highest BCUT2D eigenvalue weighted by Gasteiger charge is 2.22. The Morgan fingerprint density at radius 1 is 1.31 bits per heavy atom. The molecule has 1 fully saturated rings. The Bertz CT molecular complexity index is 146. The SMILES string of the molecule is CC.COCC(C)CCCN(C)CC1CC1. The molecule has 0 aliphatic heterocycles. The van der Waals surface area contributed by atoms with Crippen LogP contribution in [0.1, 0.15) is 46.5 Å². The first-order valence-electron chi connectivity index (χ1n) is 6.90. The summed E-state index contributed by atoms with van der Waals surface area (Å²) < 4.78 is 5.12. The molecule has 1 saturated carbocycles. The number of ether oxygens (including phenoxy) is 1. The van der Waals surface area contributed by atoms with E-state index < -0.39 is 0 Å². The van der Waals surface area contributed by atoms with Crippen molar-refractivity contribution >= 4 is 0 Å². The second kappa shape index (κ2) is 10.1. The summed E-state index contributed by atoms with van der Waals surface area (Å²) in [5.41, 5.74) is 0. The predicted octanol–water partition coefficient (Wildman–Crippen LogP) is 3.42. The number of methoxy groups -OCH3 is 1. The van der Waals surface area contributed by atoms with Crippen LogP contribution in [0, 0.1) is 11.8 Å². The lowest BCUT2D eigenvalue weighted by Crippen LogP contribution is -2.22. The van der Waals surface area contributed by atoms with Gasteiger partial charge in [-0.1, -0.05) is 20.8 Å². The Morgan fingerprint density at radius 3 is 2.44 bits per heavy atom. The summed E-state index contributed by atoms with van der Waals surface area (Å²) >= 11 is 0. The second-order valence-electron chi connectivity index (χ2n) is 4.91. The predicted molar refractivity (Wildman–Crippen MR) is 71.8 cm³/mol. The Kier molecular flexibility index (Phi) is 10.0. The van der Waals surface area contributed by atoms with E-state index in [0.717, 1.165) is 12.5 Å². The Hall–Kier alpha value is -0.0800. The highest BCUT2D eigenvalue weighted by molar-refractivity contribution is 4.75. The van der Waals surface area contributed by atoms with Crippen LogP contribution in [0.4, 0.5) is 0 Å². The van der Waals surface area contributed by atoms with Crippen molar-refractivity contribution < 1.29 is 4.74 Å². The van der Waals surface area contributed by atoms with Crippen molar-refractivity contribution in [2.75, 3.05) is 33.9 Å². The van der Waals surface area contributed by atoms with E-state index in [1.54, 1.807) is 7.11 Å². The molecule has 98 valence electrons. The van der Waals surface area contributed by atoms with Gasteiger partial charge in [-0.3, -0.25) is 0 Å². The summed E-state index contributed by atoms with van der Waals surface area (Å²) in [5, 5.41) is 0. The molecule has 0 aromatic carbocycles. The fourth-order valence-electron chi connectivity index (χ4n) is 1.91. The first-order valence-corrected chi connectivity index (χ1v) is 6.90. The Morgan fingerprint density at radius 2 is 1.94 bits per heavy atom. The molecule has 2 heteroatoms. The molecule has 0 saturated heterocycles. The minimum absolute atomic E-state index is 0.717. The average Bonchev–Trinajstić information content (AvgIpc) is 3.05. The van der Waals surface area contributed by atoms with E-state index >= 15 is 0 Å². The third kappa shape index (κ3) is 9.17. The van der Waals surface area contributed by atoms with Crippen molar-refractivity contribution in [2.45, 2.75) is 46.5 Å². The van der Waals surface area contributed by atoms with E-state index in [9.17, 15) is 0 Å². The van der Waals surface area contributed by atoms with Gasteiger partial charge in [-0.25, -0.2) is 0 Å². The summed E-state index contributed by atoms with van der Waals surface area (Å²) in [6.07, 6.45) is 5.53. The smallest absolute Gasteiger partial charge is 0.0487 e. The van der Waals surface area contributed by atoms with Crippen LogP contribution in [0.3, 0.4) is 0 Å². The summed E-state index contributed by atoms with van der Waals surface area (Å²) in [4.78, 5) is 2.48. The number of nitrogens with zero attached hydrogens (tertiary/aromatic N) is 1. The third-order valence-electron chi connectivity index (χ3n) is 2.95. The van der Waals surface area contributed by atoms with Gasteiger partial charge in [0.2, 0.25) is 0 Å². The van der Waals surface area contributed by atoms with Crippen LogP contribution in [0.2, 0.25) is 0 Å². The number of hydrogen-bond acceptors (Lipinski definition) is 2. The normalized spacial score (nSPS) is 16.9. The monoisotopic (exact) mass is 229 g/mol. The summed E-state index contributed by atoms with van der Waals surface area (Å²) in [6, 6.07) is 0. The lowest BCUT2D eigenvalue weighted by Gasteiger charge is -2.17. The largest absolute Gasteiger partial charge is 0.384 e. The van der Waals surface area contributed by atoms with Crippen LogP contribution >= 0.6 is 0 Å². The lowest BCUT2D eigenvalue weighted by molar-refractivity contribution is 0.152. The molecule has 2 nitrogen and oxygen atoms in total. The average molecular weight is 229 g/mol. The third-order valence-corrected chi connectivity index (χ3v) is 2.95. The molecule has 0 heterocycles. The van der Waals surface area contributed by atoms with Gasteiger partial charge in [-0.15, -0.1) is 0 Å². The molecular weight excluding hydrogens is 198 g/mol. The van der Waals surface area contributed by atoms with Crippen molar-refractivity contribution in [2.24, 2.45) is 11.8 Å². The summed E-state index contributed by atoms with van der Waals surface area (Å²) in [6.45, 7) is 9.75. The molecule has 0 bridgehead atoms. The van der Waals surface area contributed by atoms with E-state index in [4.69, 9.17) is 4.74 Å². The zero-order valence-electron chi connectivity index (χ0n) is 12.0. The highest BCUT2D eigenvalue weighted by Crippen LogP contribution is 2.29. The molecule has 0 amide bonds. The van der Waals surface area contributed by atoms with Crippen LogP contribution in [0.25, 0.3) is 0 Å². The van der Waals surface area contributed by atoms with Crippen LogP contribution in [-0.4, -0.2) is 38.8 Å². The molecular formula is C14H31NO. The fraction of sp³-hybridized carbons (Fsp3) is 1.00. The quantitative estimate of drug-likeness (QED) is 0.632. The minimum Gasteiger partial charge on any atom is -0.384 e. The van der Waals surface area contributed by atoms with Gasteiger partial charge in [-0.05, 0) is 51.1 Å². The van der Waals surface area contributed by atoms with Crippen molar-refractivity contribution in [3.63, 3.8) is 0 Å². The van der Waals surface area contributed by atoms with Crippen molar-refractivity contribution in [1.82, 2.24) is 4.90 Å². The molecule has 1 rings (SSSR count). The van der Waals surface area contributed by atoms with Gasteiger partial charge in [0.05, 0.1) is 0 Å². The maximum atomic E-state index is 5.12. The molecule has 1 aliphatic rings. The molecule has 1 aliphatic carbocycles. The van der Waals surface area contributed by atoms with E-state index in [-0.39, 0.29) is 0 Å². The van der Waals surface area contributed by atoms with Gasteiger partial charge in [-0.2, -0.15) is 0 Å². The van der Waals surface area contributed by atoms with E-state index in [1.165, 1.54) is 38.8 Å². The summed E-state index contributed by atoms with van der Waals surface area (Å²) in [5.74, 6) is 1.74. The van der Waals surface area contributed by atoms with Gasteiger partial charge in [0.25, 0.3) is 0 Å². The molecule has 0 aromatic rings. The number of rotatable bonds is 8. The van der Waals surface area contributed by atoms with Crippen molar-refractivity contribution in [3.05, 3.63) is 0 Å². The molecule has 16 heavy (non-hydrogen) atoms. The molecule has 1 unspecified atom stereocenters. The first kappa shape index (κ1) is 15.9. The lowest BCUT2D eigenvalue weighted by atomic mass is 10.1. The van der Waals surface area contributed by atoms with Gasteiger partial charge in [0, 0.05) is 20.3 Å². The van der Waals surface area contributed by atoms with Gasteiger partial charge in [0.1, 0.15) is 0 Å². The van der Waals surface area contributed by atoms with Gasteiger partial charge < -0.3 is 9.64 Å². The van der Waals surface area contributed by atoms with Gasteiger partial charge >= 0.3 is 0 Å². The fourth-order valence-corrected chi connectivity index (χ4v) is 1.91. The zero-order valence-corrected chi connectivity index (χ0v) is 12.0. The van der Waals surface area contributed by atoms with Crippen LogP contribution in [0.5, 0.6) is 0 Å².